The number of nitrogens with zero attached hydrogens (tertiary/aromatic N) is 4. The molecule has 126 valence electrons. The van der Waals surface area contributed by atoms with E-state index >= 15 is 0 Å². The van der Waals surface area contributed by atoms with Crippen molar-refractivity contribution in [1.29, 1.82) is 0 Å². The molecule has 0 atom stereocenters. The Morgan fingerprint density at radius 2 is 2.08 bits per heavy atom. The first-order valence-corrected chi connectivity index (χ1v) is 8.34. The van der Waals surface area contributed by atoms with E-state index in [4.69, 9.17) is 0 Å². The maximum absolute atomic E-state index is 12.8. The van der Waals surface area contributed by atoms with Crippen LogP contribution >= 0.6 is 0 Å². The molecule has 1 aliphatic heterocycles. The number of benzene rings is 1. The first-order valence-electron chi connectivity index (χ1n) is 8.34. The molecule has 0 radical (unpaired) electrons. The number of hydrogen-bond donors (Lipinski definition) is 1. The normalized spacial score (nSPS) is 15.2. The molecule has 1 N–H and O–H groups in total. The minimum atomic E-state index is -0.112. The molecular formula is C18H23N5O. The van der Waals surface area contributed by atoms with E-state index in [1.807, 2.05) is 35.0 Å². The van der Waals surface area contributed by atoms with E-state index in [0.29, 0.717) is 24.8 Å². The number of carbonyl (C=O) groups is 1. The van der Waals surface area contributed by atoms with Crippen LogP contribution in [0, 0.1) is 0 Å². The van der Waals surface area contributed by atoms with Crippen molar-refractivity contribution in [3.63, 3.8) is 0 Å². The summed E-state index contributed by atoms with van der Waals surface area (Å²) in [6.07, 6.45) is 5.53. The standard InChI is InChI=1S/C18H23N5O/c1-2-12-22(13-15-6-4-3-5-7-15)18(24)17-14-23(21-20-17)16-8-10-19-11-9-16/h2-7,14,16,19H,1,8-13H2. The third kappa shape index (κ3) is 3.89. The zero-order valence-corrected chi connectivity index (χ0v) is 13.8. The molecule has 2 aromatic rings. The smallest absolute Gasteiger partial charge is 0.276 e. The van der Waals surface area contributed by atoms with Gasteiger partial charge in [-0.15, -0.1) is 11.7 Å². The second-order valence-corrected chi connectivity index (χ2v) is 6.02. The van der Waals surface area contributed by atoms with Gasteiger partial charge in [-0.05, 0) is 31.5 Å². The van der Waals surface area contributed by atoms with Crippen molar-refractivity contribution in [3.8, 4) is 0 Å². The zero-order chi connectivity index (χ0) is 16.8. The number of piperidine rings is 1. The van der Waals surface area contributed by atoms with E-state index in [2.05, 4.69) is 22.2 Å². The second-order valence-electron chi connectivity index (χ2n) is 6.02. The monoisotopic (exact) mass is 325 g/mol. The van der Waals surface area contributed by atoms with Gasteiger partial charge < -0.3 is 10.2 Å². The summed E-state index contributed by atoms with van der Waals surface area (Å²) in [6, 6.07) is 10.2. The Balaban J connectivity index is 1.72. The van der Waals surface area contributed by atoms with Gasteiger partial charge in [-0.1, -0.05) is 41.6 Å². The van der Waals surface area contributed by atoms with Crippen LogP contribution in [0.4, 0.5) is 0 Å². The quantitative estimate of drug-likeness (QED) is 0.826. The van der Waals surface area contributed by atoms with Crippen LogP contribution in [0.15, 0.2) is 49.2 Å². The summed E-state index contributed by atoms with van der Waals surface area (Å²) in [5.74, 6) is -0.112. The van der Waals surface area contributed by atoms with Crippen LogP contribution in [0.3, 0.4) is 0 Å². The number of hydrogen-bond acceptors (Lipinski definition) is 4. The van der Waals surface area contributed by atoms with Crippen molar-refractivity contribution < 1.29 is 4.79 Å². The summed E-state index contributed by atoms with van der Waals surface area (Å²) < 4.78 is 1.84. The van der Waals surface area contributed by atoms with Crippen molar-refractivity contribution in [2.24, 2.45) is 0 Å². The largest absolute Gasteiger partial charge is 0.329 e. The van der Waals surface area contributed by atoms with Crippen LogP contribution in [-0.4, -0.2) is 45.4 Å². The summed E-state index contributed by atoms with van der Waals surface area (Å²) in [4.78, 5) is 14.5. The van der Waals surface area contributed by atoms with Gasteiger partial charge in [0.05, 0.1) is 12.2 Å². The average molecular weight is 325 g/mol. The van der Waals surface area contributed by atoms with Crippen molar-refractivity contribution >= 4 is 5.91 Å². The first kappa shape index (κ1) is 16.4. The van der Waals surface area contributed by atoms with E-state index in [9.17, 15) is 4.79 Å². The van der Waals surface area contributed by atoms with Crippen LogP contribution < -0.4 is 5.32 Å². The Kier molecular flexibility index (Phi) is 5.38. The number of carbonyl (C=O) groups excluding carboxylic acids is 1. The highest BCUT2D eigenvalue weighted by molar-refractivity contribution is 5.92. The molecular weight excluding hydrogens is 302 g/mol. The molecule has 0 unspecified atom stereocenters. The Bertz CT molecular complexity index is 676. The summed E-state index contributed by atoms with van der Waals surface area (Å²) in [7, 11) is 0. The van der Waals surface area contributed by atoms with Gasteiger partial charge in [-0.2, -0.15) is 0 Å². The maximum atomic E-state index is 12.8. The molecule has 0 aliphatic carbocycles. The number of nitrogens with one attached hydrogen (secondary N) is 1. The topological polar surface area (TPSA) is 63.1 Å². The van der Waals surface area contributed by atoms with Crippen molar-refractivity contribution in [2.45, 2.75) is 25.4 Å². The van der Waals surface area contributed by atoms with Gasteiger partial charge in [-0.3, -0.25) is 4.79 Å². The number of amides is 1. The molecule has 1 aromatic carbocycles. The van der Waals surface area contributed by atoms with Crippen LogP contribution in [0.5, 0.6) is 0 Å². The van der Waals surface area contributed by atoms with Crippen LogP contribution in [0.1, 0.15) is 34.9 Å². The van der Waals surface area contributed by atoms with Crippen LogP contribution in [-0.2, 0) is 6.54 Å². The summed E-state index contributed by atoms with van der Waals surface area (Å²) in [5.41, 5.74) is 1.48. The minimum Gasteiger partial charge on any atom is -0.329 e. The molecule has 1 saturated heterocycles. The van der Waals surface area contributed by atoms with E-state index in [1.165, 1.54) is 0 Å². The minimum absolute atomic E-state index is 0.112. The highest BCUT2D eigenvalue weighted by atomic mass is 16.2. The van der Waals surface area contributed by atoms with Gasteiger partial charge in [-0.25, -0.2) is 4.68 Å². The fraction of sp³-hybridized carbons (Fsp3) is 0.389. The Morgan fingerprint density at radius 3 is 2.79 bits per heavy atom. The molecule has 3 rings (SSSR count). The lowest BCUT2D eigenvalue weighted by molar-refractivity contribution is 0.0756. The second kappa shape index (κ2) is 7.88. The fourth-order valence-electron chi connectivity index (χ4n) is 2.97. The predicted octanol–water partition coefficient (Wildman–Crippen LogP) is 2.03. The highest BCUT2D eigenvalue weighted by Crippen LogP contribution is 2.18. The van der Waals surface area contributed by atoms with Gasteiger partial charge in [0.25, 0.3) is 5.91 Å². The predicted molar refractivity (Wildman–Crippen MR) is 92.5 cm³/mol. The zero-order valence-electron chi connectivity index (χ0n) is 13.8. The Labute approximate surface area is 142 Å². The SMILES string of the molecule is C=CCN(Cc1ccccc1)C(=O)c1cn(C2CCNCC2)nn1. The third-order valence-corrected chi connectivity index (χ3v) is 4.27. The lowest BCUT2D eigenvalue weighted by atomic mass is 10.1. The summed E-state index contributed by atoms with van der Waals surface area (Å²) in [6.45, 7) is 6.72. The van der Waals surface area contributed by atoms with E-state index in [1.54, 1.807) is 17.2 Å². The maximum Gasteiger partial charge on any atom is 0.276 e. The first-order chi connectivity index (χ1) is 11.8. The molecule has 24 heavy (non-hydrogen) atoms. The fourth-order valence-corrected chi connectivity index (χ4v) is 2.97. The average Bonchev–Trinajstić information content (AvgIpc) is 3.12. The Morgan fingerprint density at radius 1 is 1.33 bits per heavy atom. The molecule has 0 spiro atoms. The molecule has 6 heteroatoms. The van der Waals surface area contributed by atoms with Crippen molar-refractivity contribution in [3.05, 3.63) is 60.4 Å². The Hall–Kier alpha value is -2.47. The van der Waals surface area contributed by atoms with Crippen molar-refractivity contribution in [1.82, 2.24) is 25.2 Å². The molecule has 0 saturated carbocycles. The van der Waals surface area contributed by atoms with E-state index < -0.39 is 0 Å². The molecule has 2 heterocycles. The van der Waals surface area contributed by atoms with Crippen LogP contribution in [0.2, 0.25) is 0 Å². The van der Waals surface area contributed by atoms with Gasteiger partial charge >= 0.3 is 0 Å². The lowest BCUT2D eigenvalue weighted by Crippen LogP contribution is -2.31. The molecule has 6 nitrogen and oxygen atoms in total. The number of rotatable bonds is 6. The van der Waals surface area contributed by atoms with E-state index in [-0.39, 0.29) is 5.91 Å². The molecule has 1 amide bonds. The molecule has 1 aliphatic rings. The lowest BCUT2D eigenvalue weighted by Gasteiger charge is -2.22. The highest BCUT2D eigenvalue weighted by Gasteiger charge is 2.21. The molecule has 1 fully saturated rings. The van der Waals surface area contributed by atoms with E-state index in [0.717, 1.165) is 31.5 Å². The van der Waals surface area contributed by atoms with Crippen LogP contribution in [0.25, 0.3) is 0 Å². The molecule has 0 bridgehead atoms. The van der Waals surface area contributed by atoms with Crippen molar-refractivity contribution in [2.75, 3.05) is 19.6 Å². The van der Waals surface area contributed by atoms with Gasteiger partial charge in [0.1, 0.15) is 0 Å². The molecule has 1 aromatic heterocycles. The third-order valence-electron chi connectivity index (χ3n) is 4.27. The van der Waals surface area contributed by atoms with Gasteiger partial charge in [0.2, 0.25) is 0 Å². The van der Waals surface area contributed by atoms with Gasteiger partial charge in [0.15, 0.2) is 5.69 Å². The van der Waals surface area contributed by atoms with Gasteiger partial charge in [0, 0.05) is 13.1 Å². The summed E-state index contributed by atoms with van der Waals surface area (Å²) >= 11 is 0. The number of aromatic nitrogens is 3. The summed E-state index contributed by atoms with van der Waals surface area (Å²) in [5, 5.41) is 11.6.